The molecule has 8 nitrogen and oxygen atoms in total. The van der Waals surface area contributed by atoms with Gasteiger partial charge in [-0.2, -0.15) is 9.78 Å². The summed E-state index contributed by atoms with van der Waals surface area (Å²) in [6.45, 7) is 0.552. The van der Waals surface area contributed by atoms with Crippen LogP contribution in [0.1, 0.15) is 22.5 Å². The molecular weight excluding hydrogens is 427 g/mol. The molecule has 0 bridgehead atoms. The van der Waals surface area contributed by atoms with E-state index in [1.165, 1.54) is 24.3 Å². The monoisotopic (exact) mass is 446 g/mol. The van der Waals surface area contributed by atoms with Crippen molar-refractivity contribution in [3.8, 4) is 5.69 Å². The topological polar surface area (TPSA) is 95.2 Å². The van der Waals surface area contributed by atoms with Gasteiger partial charge in [0.2, 0.25) is 5.69 Å². The molecule has 1 N–H and O–H groups in total. The molecule has 10 heteroatoms. The molecular formula is C21H20ClFN4O4. The molecule has 2 aromatic carbocycles. The van der Waals surface area contributed by atoms with E-state index in [0.717, 1.165) is 9.25 Å². The molecule has 0 aliphatic carbocycles. The maximum absolute atomic E-state index is 13.2. The molecule has 0 unspecified atom stereocenters. The number of nitrogens with one attached hydrogen (secondary N) is 1. The van der Waals surface area contributed by atoms with Crippen LogP contribution in [0.2, 0.25) is 5.02 Å². The third-order valence-corrected chi connectivity index (χ3v) is 4.66. The van der Waals surface area contributed by atoms with Crippen molar-refractivity contribution in [2.45, 2.75) is 13.0 Å². The van der Waals surface area contributed by atoms with Crippen LogP contribution >= 0.6 is 11.6 Å². The summed E-state index contributed by atoms with van der Waals surface area (Å²) in [5, 5.41) is 7.06. The van der Waals surface area contributed by atoms with Gasteiger partial charge in [-0.1, -0.05) is 23.7 Å². The lowest BCUT2D eigenvalue weighted by atomic mass is 10.2. The molecule has 0 atom stereocenters. The predicted octanol–water partition coefficient (Wildman–Crippen LogP) is 2.00. The Labute approximate surface area is 181 Å². The highest BCUT2D eigenvalue weighted by molar-refractivity contribution is 6.30. The number of ether oxygens (including phenoxy) is 1. The van der Waals surface area contributed by atoms with E-state index in [9.17, 15) is 18.8 Å². The highest BCUT2D eigenvalue weighted by Gasteiger charge is 2.20. The average Bonchev–Trinajstić information content (AvgIpc) is 2.76. The number of methoxy groups -OCH3 is 1. The van der Waals surface area contributed by atoms with Gasteiger partial charge in [0.05, 0.1) is 12.2 Å². The van der Waals surface area contributed by atoms with E-state index in [1.54, 1.807) is 31.4 Å². The molecule has 0 spiro atoms. The first kappa shape index (κ1) is 22.4. The number of aromatic nitrogens is 3. The van der Waals surface area contributed by atoms with Gasteiger partial charge in [-0.15, -0.1) is 0 Å². The highest BCUT2D eigenvalue weighted by atomic mass is 35.5. The van der Waals surface area contributed by atoms with Gasteiger partial charge < -0.3 is 10.1 Å². The van der Waals surface area contributed by atoms with Crippen molar-refractivity contribution < 1.29 is 13.9 Å². The summed E-state index contributed by atoms with van der Waals surface area (Å²) in [4.78, 5) is 38.6. The van der Waals surface area contributed by atoms with Crippen LogP contribution in [0.3, 0.4) is 0 Å². The van der Waals surface area contributed by atoms with Gasteiger partial charge in [-0.3, -0.25) is 14.2 Å². The molecule has 0 radical (unpaired) electrons. The maximum Gasteiger partial charge on any atom is 0.352 e. The van der Waals surface area contributed by atoms with Crippen molar-refractivity contribution in [2.75, 3.05) is 20.3 Å². The Hall–Kier alpha value is -3.30. The maximum atomic E-state index is 13.2. The van der Waals surface area contributed by atoms with E-state index < -0.39 is 28.7 Å². The Morgan fingerprint density at radius 3 is 2.45 bits per heavy atom. The minimum atomic E-state index is -0.844. The molecule has 3 aromatic rings. The Balaban J connectivity index is 2.07. The molecule has 1 heterocycles. The number of carbonyl (C=O) groups is 1. The first-order valence-corrected chi connectivity index (χ1v) is 9.80. The lowest BCUT2D eigenvalue weighted by molar-refractivity contribution is 0.0938. The molecule has 0 saturated carbocycles. The van der Waals surface area contributed by atoms with Crippen LogP contribution in [0, 0.1) is 5.82 Å². The van der Waals surface area contributed by atoms with Gasteiger partial charge in [0.25, 0.3) is 11.5 Å². The Morgan fingerprint density at radius 1 is 1.13 bits per heavy atom. The standard InChI is InChI=1S/C21H20ClFN4O4/c1-31-12-2-11-24-19(28)18-20(29)26(13-14-3-7-16(23)8-4-14)21(30)27(25-18)17-9-5-15(22)6-10-17/h3-10H,2,11-13H2,1H3,(H,24,28). The van der Waals surface area contributed by atoms with Crippen LogP contribution in [-0.4, -0.2) is 40.5 Å². The van der Waals surface area contributed by atoms with Gasteiger partial charge in [0.1, 0.15) is 5.82 Å². The molecule has 0 saturated heterocycles. The first-order chi connectivity index (χ1) is 14.9. The number of halogens is 2. The number of benzene rings is 2. The highest BCUT2D eigenvalue weighted by Crippen LogP contribution is 2.11. The van der Waals surface area contributed by atoms with Crippen LogP contribution in [-0.2, 0) is 11.3 Å². The van der Waals surface area contributed by atoms with Crippen LogP contribution in [0.5, 0.6) is 0 Å². The molecule has 1 aromatic heterocycles. The molecule has 0 aliphatic heterocycles. The van der Waals surface area contributed by atoms with E-state index in [0.29, 0.717) is 29.3 Å². The zero-order valence-electron chi connectivity index (χ0n) is 16.7. The Kier molecular flexibility index (Phi) is 7.32. The van der Waals surface area contributed by atoms with E-state index in [4.69, 9.17) is 16.3 Å². The second kappa shape index (κ2) is 10.1. The molecule has 31 heavy (non-hydrogen) atoms. The fraction of sp³-hybridized carbons (Fsp3) is 0.238. The van der Waals surface area contributed by atoms with Gasteiger partial charge in [-0.25, -0.2) is 9.18 Å². The molecule has 0 fully saturated rings. The number of amides is 1. The van der Waals surface area contributed by atoms with Crippen LogP contribution in [0.15, 0.2) is 58.1 Å². The number of hydrogen-bond acceptors (Lipinski definition) is 5. The number of nitrogens with zero attached hydrogens (tertiary/aromatic N) is 3. The van der Waals surface area contributed by atoms with Crippen molar-refractivity contribution in [2.24, 2.45) is 0 Å². The van der Waals surface area contributed by atoms with E-state index in [1.807, 2.05) is 0 Å². The number of hydrogen-bond donors (Lipinski definition) is 1. The number of carbonyl (C=O) groups excluding carboxylic acids is 1. The summed E-state index contributed by atoms with van der Waals surface area (Å²) in [5.41, 5.74) is -1.18. The predicted molar refractivity (Wildman–Crippen MR) is 113 cm³/mol. The Bertz CT molecular complexity index is 1170. The second-order valence-electron chi connectivity index (χ2n) is 6.64. The van der Waals surface area contributed by atoms with Crippen molar-refractivity contribution in [1.29, 1.82) is 0 Å². The van der Waals surface area contributed by atoms with Gasteiger partial charge in [-0.05, 0) is 48.4 Å². The smallest absolute Gasteiger partial charge is 0.352 e. The van der Waals surface area contributed by atoms with Crippen LogP contribution in [0.4, 0.5) is 4.39 Å². The fourth-order valence-electron chi connectivity index (χ4n) is 2.82. The van der Waals surface area contributed by atoms with Crippen molar-refractivity contribution >= 4 is 17.5 Å². The second-order valence-corrected chi connectivity index (χ2v) is 7.08. The molecule has 162 valence electrons. The third kappa shape index (κ3) is 5.44. The summed E-state index contributed by atoms with van der Waals surface area (Å²) >= 11 is 5.91. The molecule has 1 amide bonds. The zero-order chi connectivity index (χ0) is 22.4. The van der Waals surface area contributed by atoms with E-state index in [-0.39, 0.29) is 13.1 Å². The fourth-order valence-corrected chi connectivity index (χ4v) is 2.95. The van der Waals surface area contributed by atoms with Crippen LogP contribution < -0.4 is 16.6 Å². The van der Waals surface area contributed by atoms with E-state index >= 15 is 0 Å². The van der Waals surface area contributed by atoms with Crippen molar-refractivity contribution in [3.05, 3.63) is 91.5 Å². The van der Waals surface area contributed by atoms with E-state index in [2.05, 4.69) is 10.4 Å². The zero-order valence-corrected chi connectivity index (χ0v) is 17.4. The summed E-state index contributed by atoms with van der Waals surface area (Å²) in [5.74, 6) is -1.16. The SMILES string of the molecule is COCCCNC(=O)c1nn(-c2ccc(Cl)cc2)c(=O)n(Cc2ccc(F)cc2)c1=O. The normalized spacial score (nSPS) is 10.8. The van der Waals surface area contributed by atoms with Crippen molar-refractivity contribution in [1.82, 2.24) is 19.7 Å². The minimum absolute atomic E-state index is 0.155. The van der Waals surface area contributed by atoms with Gasteiger partial charge >= 0.3 is 5.69 Å². The van der Waals surface area contributed by atoms with Gasteiger partial charge in [0, 0.05) is 25.3 Å². The van der Waals surface area contributed by atoms with Gasteiger partial charge in [0.15, 0.2) is 0 Å². The largest absolute Gasteiger partial charge is 0.385 e. The van der Waals surface area contributed by atoms with Crippen molar-refractivity contribution in [3.63, 3.8) is 0 Å². The number of rotatable bonds is 8. The summed E-state index contributed by atoms with van der Waals surface area (Å²) < 4.78 is 20.0. The average molecular weight is 447 g/mol. The van der Waals surface area contributed by atoms with Crippen LogP contribution in [0.25, 0.3) is 5.69 Å². The molecule has 0 aliphatic rings. The quantitative estimate of drug-likeness (QED) is 0.534. The summed E-state index contributed by atoms with van der Waals surface area (Å²) in [6, 6.07) is 11.6. The summed E-state index contributed by atoms with van der Waals surface area (Å²) in [7, 11) is 1.54. The molecule has 3 rings (SSSR count). The summed E-state index contributed by atoms with van der Waals surface area (Å²) in [6.07, 6.45) is 0.544. The first-order valence-electron chi connectivity index (χ1n) is 9.42. The minimum Gasteiger partial charge on any atom is -0.385 e. The lowest BCUT2D eigenvalue weighted by Crippen LogP contribution is -2.46. The third-order valence-electron chi connectivity index (χ3n) is 4.41. The lowest BCUT2D eigenvalue weighted by Gasteiger charge is -2.12. The Morgan fingerprint density at radius 2 is 1.81 bits per heavy atom.